The zero-order valence-corrected chi connectivity index (χ0v) is 11.0. The lowest BCUT2D eigenvalue weighted by Gasteiger charge is -2.18. The summed E-state index contributed by atoms with van der Waals surface area (Å²) in [6.45, 7) is 6.10. The van der Waals surface area contributed by atoms with Crippen molar-refractivity contribution in [2.45, 2.75) is 26.4 Å². The predicted octanol–water partition coefficient (Wildman–Crippen LogP) is 3.00. The molecule has 3 nitrogen and oxygen atoms in total. The summed E-state index contributed by atoms with van der Waals surface area (Å²) in [5.41, 5.74) is 0.980. The lowest BCUT2D eigenvalue weighted by atomic mass is 10.2. The number of ether oxygens (including phenoxy) is 1. The highest BCUT2D eigenvalue weighted by Crippen LogP contribution is 2.20. The molecular weight excluding hydrogens is 224 g/mol. The van der Waals surface area contributed by atoms with E-state index >= 15 is 0 Å². The molecule has 0 saturated carbocycles. The Morgan fingerprint density at radius 2 is 2.17 bits per heavy atom. The summed E-state index contributed by atoms with van der Waals surface area (Å²) in [7, 11) is 0. The van der Waals surface area contributed by atoms with Gasteiger partial charge in [0, 0.05) is 24.2 Å². The summed E-state index contributed by atoms with van der Waals surface area (Å²) in [6.07, 6.45) is 3.01. The van der Waals surface area contributed by atoms with E-state index < -0.39 is 0 Å². The monoisotopic (exact) mass is 244 g/mol. The van der Waals surface area contributed by atoms with Gasteiger partial charge in [0.1, 0.15) is 11.9 Å². The van der Waals surface area contributed by atoms with Gasteiger partial charge in [-0.05, 0) is 31.2 Å². The molecule has 0 radical (unpaired) electrons. The van der Waals surface area contributed by atoms with Crippen molar-refractivity contribution in [3.8, 4) is 5.75 Å². The summed E-state index contributed by atoms with van der Waals surface area (Å²) in [4.78, 5) is 4.34. The molecule has 18 heavy (non-hydrogen) atoms. The highest BCUT2D eigenvalue weighted by atomic mass is 16.5. The van der Waals surface area contributed by atoms with Gasteiger partial charge in [0.25, 0.3) is 0 Å². The molecule has 0 aliphatic rings. The molecule has 0 bridgehead atoms. The Morgan fingerprint density at radius 3 is 2.94 bits per heavy atom. The van der Waals surface area contributed by atoms with Gasteiger partial charge in [-0.1, -0.05) is 19.9 Å². The molecule has 1 unspecified atom stereocenters. The Kier molecular flexibility index (Phi) is 4.53. The van der Waals surface area contributed by atoms with Crippen LogP contribution in [0.3, 0.4) is 0 Å². The molecular formula is C15H20N2O. The zero-order chi connectivity index (χ0) is 12.8. The Bertz CT molecular complexity index is 499. The van der Waals surface area contributed by atoms with Gasteiger partial charge in [0.2, 0.25) is 0 Å². The van der Waals surface area contributed by atoms with Crippen molar-refractivity contribution >= 4 is 10.9 Å². The van der Waals surface area contributed by atoms with Crippen molar-refractivity contribution in [1.29, 1.82) is 0 Å². The molecule has 1 aromatic carbocycles. The number of benzene rings is 1. The molecule has 3 heteroatoms. The maximum absolute atomic E-state index is 5.97. The van der Waals surface area contributed by atoms with E-state index in [1.54, 1.807) is 0 Å². The summed E-state index contributed by atoms with van der Waals surface area (Å²) >= 11 is 0. The molecule has 1 atom stereocenters. The third kappa shape index (κ3) is 3.20. The van der Waals surface area contributed by atoms with Gasteiger partial charge >= 0.3 is 0 Å². The molecule has 0 spiro atoms. The minimum Gasteiger partial charge on any atom is -0.489 e. The lowest BCUT2D eigenvalue weighted by Crippen LogP contribution is -2.30. The number of nitrogens with zero attached hydrogens (tertiary/aromatic N) is 1. The topological polar surface area (TPSA) is 34.1 Å². The third-order valence-corrected chi connectivity index (χ3v) is 2.96. The summed E-state index contributed by atoms with van der Waals surface area (Å²) in [5.74, 6) is 0.894. The van der Waals surface area contributed by atoms with Gasteiger partial charge in [-0.15, -0.1) is 0 Å². The Balaban J connectivity index is 2.10. The highest BCUT2D eigenvalue weighted by Gasteiger charge is 2.07. The average Bonchev–Trinajstić information content (AvgIpc) is 2.43. The highest BCUT2D eigenvalue weighted by molar-refractivity contribution is 5.79. The lowest BCUT2D eigenvalue weighted by molar-refractivity contribution is 0.194. The van der Waals surface area contributed by atoms with Crippen molar-refractivity contribution in [2.75, 3.05) is 13.1 Å². The molecule has 96 valence electrons. The standard InChI is InChI=1S/C15H20N2O/c1-3-13(11-16-4-2)18-14-8-7-12-6-5-9-17-15(12)10-14/h5-10,13,16H,3-4,11H2,1-2H3. The quantitative estimate of drug-likeness (QED) is 0.848. The van der Waals surface area contributed by atoms with Crippen molar-refractivity contribution in [3.05, 3.63) is 36.5 Å². The molecule has 0 fully saturated rings. The number of aromatic nitrogens is 1. The fourth-order valence-electron chi connectivity index (χ4n) is 1.89. The largest absolute Gasteiger partial charge is 0.489 e. The number of nitrogens with one attached hydrogen (secondary N) is 1. The number of hydrogen-bond donors (Lipinski definition) is 1. The number of likely N-dealkylation sites (N-methyl/N-ethyl adjacent to an activating group) is 1. The average molecular weight is 244 g/mol. The van der Waals surface area contributed by atoms with Crippen molar-refractivity contribution in [1.82, 2.24) is 10.3 Å². The van der Waals surface area contributed by atoms with E-state index in [0.29, 0.717) is 0 Å². The van der Waals surface area contributed by atoms with Gasteiger partial charge < -0.3 is 10.1 Å². The van der Waals surface area contributed by atoms with Crippen LogP contribution in [-0.2, 0) is 0 Å². The smallest absolute Gasteiger partial charge is 0.121 e. The SMILES string of the molecule is CCNCC(CC)Oc1ccc2cccnc2c1. The van der Waals surface area contributed by atoms with Gasteiger partial charge in [0.05, 0.1) is 5.52 Å². The van der Waals surface area contributed by atoms with Crippen LogP contribution in [0.25, 0.3) is 10.9 Å². The van der Waals surface area contributed by atoms with E-state index in [9.17, 15) is 0 Å². The van der Waals surface area contributed by atoms with Crippen LogP contribution in [0.2, 0.25) is 0 Å². The zero-order valence-electron chi connectivity index (χ0n) is 11.0. The molecule has 0 saturated heterocycles. The normalized spacial score (nSPS) is 12.6. The summed E-state index contributed by atoms with van der Waals surface area (Å²) in [6, 6.07) is 10.1. The Hall–Kier alpha value is -1.61. The second-order valence-electron chi connectivity index (χ2n) is 4.31. The first-order valence-electron chi connectivity index (χ1n) is 6.55. The van der Waals surface area contributed by atoms with Crippen LogP contribution in [0.4, 0.5) is 0 Å². The second kappa shape index (κ2) is 6.36. The molecule has 0 aliphatic heterocycles. The minimum atomic E-state index is 0.214. The van der Waals surface area contributed by atoms with Gasteiger partial charge in [-0.2, -0.15) is 0 Å². The van der Waals surface area contributed by atoms with Gasteiger partial charge in [-0.3, -0.25) is 4.98 Å². The van der Waals surface area contributed by atoms with E-state index in [-0.39, 0.29) is 6.10 Å². The first-order chi connectivity index (χ1) is 8.83. The van der Waals surface area contributed by atoms with Crippen molar-refractivity contribution < 1.29 is 4.74 Å². The van der Waals surface area contributed by atoms with E-state index in [1.807, 2.05) is 24.4 Å². The van der Waals surface area contributed by atoms with E-state index in [2.05, 4.69) is 36.3 Å². The Morgan fingerprint density at radius 1 is 1.28 bits per heavy atom. The minimum absolute atomic E-state index is 0.214. The molecule has 2 rings (SSSR count). The van der Waals surface area contributed by atoms with E-state index in [1.165, 1.54) is 0 Å². The van der Waals surface area contributed by atoms with Crippen molar-refractivity contribution in [3.63, 3.8) is 0 Å². The first-order valence-corrected chi connectivity index (χ1v) is 6.55. The van der Waals surface area contributed by atoms with E-state index in [0.717, 1.165) is 36.2 Å². The molecule has 0 aliphatic carbocycles. The van der Waals surface area contributed by atoms with Crippen LogP contribution in [0.15, 0.2) is 36.5 Å². The summed E-state index contributed by atoms with van der Waals surface area (Å²) in [5, 5.41) is 4.46. The number of pyridine rings is 1. The second-order valence-corrected chi connectivity index (χ2v) is 4.31. The predicted molar refractivity (Wildman–Crippen MR) is 75.0 cm³/mol. The number of hydrogen-bond acceptors (Lipinski definition) is 3. The Labute approximate surface area is 108 Å². The fraction of sp³-hybridized carbons (Fsp3) is 0.400. The maximum atomic E-state index is 5.97. The molecule has 1 aromatic heterocycles. The van der Waals surface area contributed by atoms with Crippen LogP contribution in [0, 0.1) is 0 Å². The van der Waals surface area contributed by atoms with Crippen molar-refractivity contribution in [2.24, 2.45) is 0 Å². The molecule has 1 N–H and O–H groups in total. The number of rotatable bonds is 6. The fourth-order valence-corrected chi connectivity index (χ4v) is 1.89. The van der Waals surface area contributed by atoms with Crippen LogP contribution in [-0.4, -0.2) is 24.2 Å². The molecule has 1 heterocycles. The van der Waals surface area contributed by atoms with Crippen LogP contribution < -0.4 is 10.1 Å². The van der Waals surface area contributed by atoms with E-state index in [4.69, 9.17) is 4.74 Å². The van der Waals surface area contributed by atoms with Crippen LogP contribution in [0.1, 0.15) is 20.3 Å². The molecule has 2 aromatic rings. The van der Waals surface area contributed by atoms with Crippen LogP contribution >= 0.6 is 0 Å². The first kappa shape index (κ1) is 12.8. The maximum Gasteiger partial charge on any atom is 0.121 e. The summed E-state index contributed by atoms with van der Waals surface area (Å²) < 4.78 is 5.97. The number of fused-ring (bicyclic) bond motifs is 1. The molecule has 0 amide bonds. The van der Waals surface area contributed by atoms with Crippen LogP contribution in [0.5, 0.6) is 5.75 Å². The van der Waals surface area contributed by atoms with Gasteiger partial charge in [-0.25, -0.2) is 0 Å². The third-order valence-electron chi connectivity index (χ3n) is 2.96. The van der Waals surface area contributed by atoms with Gasteiger partial charge in [0.15, 0.2) is 0 Å².